The number of ether oxygens (including phenoxy) is 6. The summed E-state index contributed by atoms with van der Waals surface area (Å²) in [5, 5.41) is 27.9. The van der Waals surface area contributed by atoms with E-state index in [4.69, 9.17) is 52.2 Å². The van der Waals surface area contributed by atoms with Gasteiger partial charge in [0, 0.05) is 18.3 Å². The van der Waals surface area contributed by atoms with E-state index in [0.29, 0.717) is 0 Å². The monoisotopic (exact) mass is 1040 g/mol. The molecule has 0 aliphatic carbocycles. The van der Waals surface area contributed by atoms with Crippen LogP contribution in [0.3, 0.4) is 0 Å². The minimum Gasteiger partial charge on any atom is -0.386 e. The van der Waals surface area contributed by atoms with E-state index >= 15 is 0 Å². The van der Waals surface area contributed by atoms with Gasteiger partial charge in [-0.25, -0.2) is 38.8 Å². The molecule has 10 atom stereocenters. The van der Waals surface area contributed by atoms with Crippen LogP contribution < -0.4 is 21.9 Å². The molecule has 4 aliphatic rings. The molecule has 4 aromatic rings. The number of aliphatic hydroxyl groups is 2. The number of imide groups is 1. The van der Waals surface area contributed by atoms with Gasteiger partial charge in [-0.15, -0.1) is 0 Å². The van der Waals surface area contributed by atoms with E-state index in [1.54, 1.807) is 0 Å². The van der Waals surface area contributed by atoms with Gasteiger partial charge >= 0.3 is 21.7 Å². The first-order chi connectivity index (χ1) is 34.0. The normalized spacial score (nSPS) is 29.0. The number of nitrogen functional groups attached to an aromatic ring is 1. The third-order valence-corrected chi connectivity index (χ3v) is 12.8. The van der Waals surface area contributed by atoms with Gasteiger partial charge in [-0.1, -0.05) is 6.58 Å². The molecule has 0 bridgehead atoms. The van der Waals surface area contributed by atoms with Crippen molar-refractivity contribution in [2.75, 3.05) is 83.7 Å². The number of phosphoric ester groups is 2. The minimum absolute atomic E-state index is 0.0171. The van der Waals surface area contributed by atoms with E-state index in [2.05, 4.69) is 47.1 Å². The smallest absolute Gasteiger partial charge is 0.386 e. The Morgan fingerprint density at radius 2 is 1.34 bits per heavy atom. The van der Waals surface area contributed by atoms with Crippen molar-refractivity contribution in [1.29, 1.82) is 0 Å². The van der Waals surface area contributed by atoms with Crippen molar-refractivity contribution < 1.29 is 90.0 Å². The quantitative estimate of drug-likeness (QED) is 0.0398. The van der Waals surface area contributed by atoms with Gasteiger partial charge in [0.15, 0.2) is 40.6 Å². The highest BCUT2D eigenvalue weighted by molar-refractivity contribution is 7.47. The van der Waals surface area contributed by atoms with Crippen LogP contribution in [0.1, 0.15) is 18.9 Å². The van der Waals surface area contributed by atoms with Crippen LogP contribution in [0.2, 0.25) is 0 Å². The van der Waals surface area contributed by atoms with Gasteiger partial charge in [0.05, 0.1) is 85.1 Å². The van der Waals surface area contributed by atoms with Crippen molar-refractivity contribution in [1.82, 2.24) is 49.3 Å². The molecule has 3 fully saturated rings. The Labute approximate surface area is 399 Å². The Kier molecular flexibility index (Phi) is 16.4. The Morgan fingerprint density at radius 3 is 1.92 bits per heavy atom. The fraction of sp³-hybridized carbons (Fsp3) is 0.541. The van der Waals surface area contributed by atoms with Crippen LogP contribution in [0.5, 0.6) is 0 Å². The highest BCUT2D eigenvalue weighted by atomic mass is 31.2. The van der Waals surface area contributed by atoms with Gasteiger partial charge in [0.2, 0.25) is 11.9 Å². The lowest BCUT2D eigenvalue weighted by Gasteiger charge is -2.27. The molecule has 71 heavy (non-hydrogen) atoms. The topological polar surface area (TPSA) is 419 Å². The molecule has 0 saturated carbocycles. The van der Waals surface area contributed by atoms with Crippen molar-refractivity contribution in [2.24, 2.45) is 0 Å². The van der Waals surface area contributed by atoms with Crippen molar-refractivity contribution in [3.8, 4) is 0 Å². The maximum atomic E-state index is 13.4. The summed E-state index contributed by atoms with van der Waals surface area (Å²) in [6.07, 6.45) is -7.30. The molecular weight excluding hydrogens is 994 g/mol. The molecule has 4 amide bonds. The second kappa shape index (κ2) is 22.5. The molecule has 0 aromatic carbocycles. The average molecular weight is 1040 g/mol. The summed E-state index contributed by atoms with van der Waals surface area (Å²) in [6.45, 7) is 3.80. The molecule has 3 saturated heterocycles. The number of aliphatic hydroxyl groups excluding tert-OH is 2. The van der Waals surface area contributed by atoms with Crippen LogP contribution in [-0.2, 0) is 65.2 Å². The van der Waals surface area contributed by atoms with Gasteiger partial charge < -0.3 is 64.8 Å². The molecule has 9 N–H and O–H groups in total. The van der Waals surface area contributed by atoms with Crippen LogP contribution in [0.15, 0.2) is 48.2 Å². The van der Waals surface area contributed by atoms with Crippen molar-refractivity contribution in [3.63, 3.8) is 0 Å². The summed E-state index contributed by atoms with van der Waals surface area (Å²) in [5.41, 5.74) is 5.01. The second-order valence-corrected chi connectivity index (χ2v) is 18.4. The first kappa shape index (κ1) is 51.8. The summed E-state index contributed by atoms with van der Waals surface area (Å²) < 4.78 is 83.6. The second-order valence-electron chi connectivity index (χ2n) is 15.6. The summed E-state index contributed by atoms with van der Waals surface area (Å²) in [7, 11) is -10.3. The number of carbonyl (C=O) groups excluding carboxylic acids is 3. The maximum Gasteiger partial charge on any atom is 0.472 e. The lowest BCUT2D eigenvalue weighted by Crippen LogP contribution is -2.41. The van der Waals surface area contributed by atoms with E-state index in [1.165, 1.54) is 23.0 Å². The van der Waals surface area contributed by atoms with Crippen molar-refractivity contribution in [2.45, 2.75) is 55.5 Å². The Hall–Kier alpha value is -5.51. The Bertz CT molecular complexity index is 2770. The largest absolute Gasteiger partial charge is 0.472 e. The average Bonchev–Trinajstić information content (AvgIpc) is 4.14. The number of nitrogens with zero attached hydrogens (tertiary/aromatic N) is 8. The van der Waals surface area contributed by atoms with Crippen LogP contribution >= 0.6 is 15.6 Å². The number of aromatic amines is 1. The standard InChI is InChI=1S/C37H48N12O20P2/c1-19-2-3-23(51)49(19)37(55)39-5-7-61-9-11-63-13-12-62-10-8-60-6-4-22(50)44-30-24-31(41-16-40-30)47(17-42-24)34-26(52)28-20(66-34)14-64-71(58,59)69-29-21(15-65-70(56,57)68-28)67-35(27(29)53)48-18-43-25-32(48)45-36(38)46-33(25)54/h2-3,16-18,20-21,26-29,34-35,52-53H,1,4-15H2,(H,39,55)(H,56,57)(H,58,59)(H3,38,45,46,54)(H,40,41,44,50)/t20-,21-,26+,27+,28?,29?,34-,35-/m1/s1. The van der Waals surface area contributed by atoms with Gasteiger partial charge in [0.25, 0.3) is 11.5 Å². The van der Waals surface area contributed by atoms with Crippen molar-refractivity contribution >= 4 is 67.6 Å². The zero-order valence-corrected chi connectivity index (χ0v) is 38.9. The molecule has 386 valence electrons. The summed E-state index contributed by atoms with van der Waals surface area (Å²) in [4.78, 5) is 94.2. The molecule has 4 aliphatic heterocycles. The van der Waals surface area contributed by atoms with Crippen molar-refractivity contribution in [3.05, 3.63) is 53.8 Å². The number of phosphoric acid groups is 2. The first-order valence-electron chi connectivity index (χ1n) is 21.5. The Morgan fingerprint density at radius 1 is 0.789 bits per heavy atom. The molecule has 4 aromatic heterocycles. The predicted molar refractivity (Wildman–Crippen MR) is 234 cm³/mol. The lowest BCUT2D eigenvalue weighted by atomic mass is 10.1. The highest BCUT2D eigenvalue weighted by Gasteiger charge is 2.54. The zero-order valence-electron chi connectivity index (χ0n) is 37.1. The van der Waals surface area contributed by atoms with E-state index in [1.807, 2.05) is 0 Å². The molecule has 4 unspecified atom stereocenters. The molecule has 34 heteroatoms. The van der Waals surface area contributed by atoms with Crippen LogP contribution in [0.4, 0.5) is 16.6 Å². The summed E-state index contributed by atoms with van der Waals surface area (Å²) in [5.74, 6) is -1.27. The highest BCUT2D eigenvalue weighted by Crippen LogP contribution is 2.53. The third kappa shape index (κ3) is 12.2. The molecule has 32 nitrogen and oxygen atoms in total. The molecule has 0 radical (unpaired) electrons. The van der Waals surface area contributed by atoms with Gasteiger partial charge in [-0.3, -0.25) is 46.6 Å². The van der Waals surface area contributed by atoms with Crippen LogP contribution in [-0.4, -0.2) is 191 Å². The predicted octanol–water partition coefficient (Wildman–Crippen LogP) is -1.91. The first-order valence-corrected chi connectivity index (χ1v) is 24.5. The third-order valence-electron chi connectivity index (χ3n) is 10.8. The van der Waals surface area contributed by atoms with Gasteiger partial charge in [-0.05, 0) is 6.08 Å². The number of urea groups is 1. The molecular formula is C37H48N12O20P2. The SMILES string of the molecule is C=C1C=CC(=O)N1C(=O)NCCOCCOCCOCCOCCC(=O)Nc1ncnc2c1ncn2[C@@H]1O[C@@H]2COP(=O)(O)OC3[C@@H](COP(=O)(O)OC2[C@@H]1O)O[C@@H](n1cnc2c(=O)[nH]c(N)nc21)[C@H]3O. The number of anilines is 2. The number of fused-ring (bicyclic) bond motifs is 4. The molecule has 0 spiro atoms. The number of hydrogen-bond donors (Lipinski definition) is 8. The number of carbonyl (C=O) groups is 3. The number of hydrogen-bond acceptors (Lipinski definition) is 24. The number of nitrogens with one attached hydrogen (secondary N) is 3. The lowest BCUT2D eigenvalue weighted by molar-refractivity contribution is -0.121. The number of H-pyrrole nitrogens is 1. The molecule has 8 heterocycles. The number of imidazole rings is 2. The summed E-state index contributed by atoms with van der Waals surface area (Å²) >= 11 is 0. The van der Waals surface area contributed by atoms with Crippen LogP contribution in [0, 0.1) is 0 Å². The number of allylic oxidation sites excluding steroid dienone is 1. The fourth-order valence-corrected chi connectivity index (χ4v) is 9.44. The maximum absolute atomic E-state index is 13.4. The van der Waals surface area contributed by atoms with Gasteiger partial charge in [-0.2, -0.15) is 4.98 Å². The number of aromatic nitrogens is 8. The van der Waals surface area contributed by atoms with Crippen LogP contribution in [0.25, 0.3) is 22.3 Å². The Balaban J connectivity index is 0.774. The molecule has 8 rings (SSSR count). The van der Waals surface area contributed by atoms with E-state index < -0.39 is 101 Å². The van der Waals surface area contributed by atoms with E-state index in [9.17, 15) is 48.3 Å². The van der Waals surface area contributed by atoms with E-state index in [0.717, 1.165) is 22.1 Å². The fourth-order valence-electron chi connectivity index (χ4n) is 7.51. The van der Waals surface area contributed by atoms with Gasteiger partial charge in [0.1, 0.15) is 43.0 Å². The van der Waals surface area contributed by atoms with E-state index in [-0.39, 0.29) is 106 Å². The minimum atomic E-state index is -5.17. The number of amides is 4. The number of nitrogens with two attached hydrogens (primary N) is 1. The zero-order chi connectivity index (χ0) is 50.5. The summed E-state index contributed by atoms with van der Waals surface area (Å²) in [6, 6.07) is -0.582. The number of rotatable bonds is 18.